The number of aromatic nitrogens is 2. The van der Waals surface area contributed by atoms with Gasteiger partial charge in [0.2, 0.25) is 5.95 Å². The normalized spacial score (nSPS) is 27.6. The first-order chi connectivity index (χ1) is 9.26. The number of rotatable bonds is 4. The molecule has 0 spiro atoms. The number of hydrogen-bond acceptors (Lipinski definition) is 3. The van der Waals surface area contributed by atoms with Crippen molar-refractivity contribution in [2.75, 3.05) is 18.0 Å². The molecule has 0 bridgehead atoms. The first-order valence-corrected chi connectivity index (χ1v) is 7.46. The molecule has 1 aliphatic heterocycles. The lowest BCUT2D eigenvalue weighted by atomic mass is 9.90. The zero-order valence-corrected chi connectivity index (χ0v) is 11.6. The van der Waals surface area contributed by atoms with Crippen LogP contribution in [0, 0.1) is 11.8 Å². The van der Waals surface area contributed by atoms with Gasteiger partial charge >= 0.3 is 0 Å². The molecule has 0 N–H and O–H groups in total. The second-order valence-corrected chi connectivity index (χ2v) is 5.93. The molecule has 104 valence electrons. The molecule has 3 rings (SSSR count). The van der Waals surface area contributed by atoms with E-state index in [1.165, 1.54) is 12.8 Å². The molecule has 1 saturated carbocycles. The van der Waals surface area contributed by atoms with Crippen LogP contribution < -0.4 is 4.90 Å². The van der Waals surface area contributed by atoms with Crippen molar-refractivity contribution in [1.82, 2.24) is 9.97 Å². The SMILES string of the molecule is CCc1cnc(N2CC[C@@H](CC3CC3)[C@@H](F)C2)nc1. The lowest BCUT2D eigenvalue weighted by molar-refractivity contribution is 0.180. The highest BCUT2D eigenvalue weighted by Crippen LogP contribution is 2.39. The maximum absolute atomic E-state index is 14.2. The standard InChI is InChI=1S/C15H22FN3/c1-2-11-8-17-15(18-9-11)19-6-5-13(14(16)10-19)7-12-3-4-12/h8-9,12-14H,2-7,10H2,1H3/t13-,14-/m0/s1. The number of hydrogen-bond donors (Lipinski definition) is 0. The van der Waals surface area contributed by atoms with Gasteiger partial charge in [-0.2, -0.15) is 0 Å². The molecular formula is C15H22FN3. The van der Waals surface area contributed by atoms with E-state index in [-0.39, 0.29) is 5.92 Å². The lowest BCUT2D eigenvalue weighted by Gasteiger charge is -2.34. The molecule has 2 heterocycles. The average Bonchev–Trinajstić information content (AvgIpc) is 3.25. The number of nitrogens with zero attached hydrogens (tertiary/aromatic N) is 3. The predicted molar refractivity (Wildman–Crippen MR) is 74.0 cm³/mol. The quantitative estimate of drug-likeness (QED) is 0.836. The molecule has 2 fully saturated rings. The molecule has 4 heteroatoms. The van der Waals surface area contributed by atoms with E-state index in [4.69, 9.17) is 0 Å². The fraction of sp³-hybridized carbons (Fsp3) is 0.733. The fourth-order valence-electron chi connectivity index (χ4n) is 2.88. The van der Waals surface area contributed by atoms with Crippen molar-refractivity contribution in [3.63, 3.8) is 0 Å². The number of anilines is 1. The summed E-state index contributed by atoms with van der Waals surface area (Å²) in [5, 5.41) is 0. The van der Waals surface area contributed by atoms with Crippen molar-refractivity contribution >= 4 is 5.95 Å². The third-order valence-electron chi connectivity index (χ3n) is 4.39. The van der Waals surface area contributed by atoms with Crippen LogP contribution in [-0.2, 0) is 6.42 Å². The van der Waals surface area contributed by atoms with Gasteiger partial charge in [-0.15, -0.1) is 0 Å². The molecule has 0 radical (unpaired) electrons. The van der Waals surface area contributed by atoms with Crippen LogP contribution in [0.2, 0.25) is 0 Å². The van der Waals surface area contributed by atoms with Crippen molar-refractivity contribution in [3.8, 4) is 0 Å². The molecular weight excluding hydrogens is 241 g/mol. The van der Waals surface area contributed by atoms with Gasteiger partial charge in [0.15, 0.2) is 0 Å². The largest absolute Gasteiger partial charge is 0.338 e. The van der Waals surface area contributed by atoms with Gasteiger partial charge in [-0.05, 0) is 36.7 Å². The van der Waals surface area contributed by atoms with Crippen LogP contribution in [0.5, 0.6) is 0 Å². The van der Waals surface area contributed by atoms with Crippen molar-refractivity contribution in [2.45, 2.75) is 45.2 Å². The summed E-state index contributed by atoms with van der Waals surface area (Å²) < 4.78 is 14.2. The Balaban J connectivity index is 1.60. The van der Waals surface area contributed by atoms with Crippen LogP contribution in [0.3, 0.4) is 0 Å². The molecule has 1 aliphatic carbocycles. The number of piperidine rings is 1. The number of halogens is 1. The molecule has 0 amide bonds. The molecule has 0 aromatic carbocycles. The molecule has 0 unspecified atom stereocenters. The van der Waals surface area contributed by atoms with E-state index >= 15 is 0 Å². The smallest absolute Gasteiger partial charge is 0.225 e. The monoisotopic (exact) mass is 263 g/mol. The molecule has 2 atom stereocenters. The van der Waals surface area contributed by atoms with Gasteiger partial charge < -0.3 is 4.90 Å². The van der Waals surface area contributed by atoms with Crippen molar-refractivity contribution in [2.24, 2.45) is 11.8 Å². The van der Waals surface area contributed by atoms with Crippen LogP contribution in [0.1, 0.15) is 38.2 Å². The minimum Gasteiger partial charge on any atom is -0.338 e. The Morgan fingerprint density at radius 2 is 2.00 bits per heavy atom. The van der Waals surface area contributed by atoms with E-state index in [1.807, 2.05) is 17.3 Å². The summed E-state index contributed by atoms with van der Waals surface area (Å²) in [6.45, 7) is 3.44. The summed E-state index contributed by atoms with van der Waals surface area (Å²) >= 11 is 0. The maximum atomic E-state index is 14.2. The maximum Gasteiger partial charge on any atom is 0.225 e. The predicted octanol–water partition coefficient (Wildman–Crippen LogP) is 3.00. The third kappa shape index (κ3) is 3.04. The summed E-state index contributed by atoms with van der Waals surface area (Å²) in [6, 6.07) is 0. The van der Waals surface area contributed by atoms with Gasteiger partial charge in [0.1, 0.15) is 6.17 Å². The lowest BCUT2D eigenvalue weighted by Crippen LogP contribution is -2.42. The van der Waals surface area contributed by atoms with E-state index in [0.29, 0.717) is 12.5 Å². The van der Waals surface area contributed by atoms with Crippen molar-refractivity contribution in [3.05, 3.63) is 18.0 Å². The summed E-state index contributed by atoms with van der Waals surface area (Å²) in [5.41, 5.74) is 1.13. The van der Waals surface area contributed by atoms with E-state index in [0.717, 1.165) is 37.3 Å². The van der Waals surface area contributed by atoms with Gasteiger partial charge in [0, 0.05) is 18.9 Å². The van der Waals surface area contributed by atoms with Crippen LogP contribution in [0.25, 0.3) is 0 Å². The number of alkyl halides is 1. The van der Waals surface area contributed by atoms with E-state index in [9.17, 15) is 4.39 Å². The Labute approximate surface area is 114 Å². The Morgan fingerprint density at radius 3 is 2.58 bits per heavy atom. The van der Waals surface area contributed by atoms with Gasteiger partial charge in [0.05, 0.1) is 6.54 Å². The second-order valence-electron chi connectivity index (χ2n) is 5.93. The van der Waals surface area contributed by atoms with E-state index in [2.05, 4.69) is 16.9 Å². The first-order valence-electron chi connectivity index (χ1n) is 7.46. The van der Waals surface area contributed by atoms with Gasteiger partial charge in [0.25, 0.3) is 0 Å². The molecule has 3 nitrogen and oxygen atoms in total. The molecule has 2 aliphatic rings. The van der Waals surface area contributed by atoms with Crippen LogP contribution in [-0.4, -0.2) is 29.2 Å². The Bertz CT molecular complexity index is 416. The minimum absolute atomic E-state index is 0.263. The summed E-state index contributed by atoms with van der Waals surface area (Å²) in [4.78, 5) is 10.7. The Morgan fingerprint density at radius 1 is 1.26 bits per heavy atom. The second kappa shape index (κ2) is 5.43. The van der Waals surface area contributed by atoms with E-state index < -0.39 is 6.17 Å². The highest BCUT2D eigenvalue weighted by atomic mass is 19.1. The van der Waals surface area contributed by atoms with E-state index in [1.54, 1.807) is 0 Å². The van der Waals surface area contributed by atoms with Crippen molar-refractivity contribution < 1.29 is 4.39 Å². The summed E-state index contributed by atoms with van der Waals surface area (Å²) in [7, 11) is 0. The molecule has 1 saturated heterocycles. The average molecular weight is 263 g/mol. The van der Waals surface area contributed by atoms with Crippen LogP contribution in [0.4, 0.5) is 10.3 Å². The summed E-state index contributed by atoms with van der Waals surface area (Å²) in [5.74, 6) is 1.76. The molecule has 19 heavy (non-hydrogen) atoms. The highest BCUT2D eigenvalue weighted by molar-refractivity contribution is 5.31. The summed E-state index contributed by atoms with van der Waals surface area (Å²) in [6.07, 6.45) is 8.58. The Kier molecular flexibility index (Phi) is 3.67. The third-order valence-corrected chi connectivity index (χ3v) is 4.39. The Hall–Kier alpha value is -1.19. The fourth-order valence-corrected chi connectivity index (χ4v) is 2.88. The van der Waals surface area contributed by atoms with Gasteiger partial charge in [-0.1, -0.05) is 19.8 Å². The van der Waals surface area contributed by atoms with Gasteiger partial charge in [-0.3, -0.25) is 0 Å². The minimum atomic E-state index is -0.719. The van der Waals surface area contributed by atoms with Gasteiger partial charge in [-0.25, -0.2) is 14.4 Å². The van der Waals surface area contributed by atoms with Crippen LogP contribution >= 0.6 is 0 Å². The van der Waals surface area contributed by atoms with Crippen molar-refractivity contribution in [1.29, 1.82) is 0 Å². The zero-order chi connectivity index (χ0) is 13.2. The van der Waals surface area contributed by atoms with Crippen LogP contribution in [0.15, 0.2) is 12.4 Å². The first kappa shape index (κ1) is 12.8. The number of aryl methyl sites for hydroxylation is 1. The topological polar surface area (TPSA) is 29.0 Å². The highest BCUT2D eigenvalue weighted by Gasteiger charge is 2.34. The molecule has 1 aromatic rings. The molecule has 1 aromatic heterocycles. The zero-order valence-electron chi connectivity index (χ0n) is 11.6.